The lowest BCUT2D eigenvalue weighted by Crippen LogP contribution is -2.43. The first-order chi connectivity index (χ1) is 6.75. The lowest BCUT2D eigenvalue weighted by Gasteiger charge is -2.32. The number of nitrogens with one attached hydrogen (secondary N) is 1. The molecule has 2 unspecified atom stereocenters. The molecule has 1 aliphatic heterocycles. The molecule has 0 aromatic rings. The second-order valence-corrected chi connectivity index (χ2v) is 4.66. The van der Waals surface area contributed by atoms with Gasteiger partial charge in [-0.15, -0.1) is 0 Å². The van der Waals surface area contributed by atoms with Gasteiger partial charge in [-0.1, -0.05) is 19.8 Å². The summed E-state index contributed by atoms with van der Waals surface area (Å²) in [6.45, 7) is 7.03. The second-order valence-electron chi connectivity index (χ2n) is 4.66. The molecule has 0 aromatic carbocycles. The minimum atomic E-state index is 0.741. The van der Waals surface area contributed by atoms with Crippen molar-refractivity contribution in [3.63, 3.8) is 0 Å². The Hall–Kier alpha value is -0.0800. The zero-order valence-electron chi connectivity index (χ0n) is 10.1. The van der Waals surface area contributed by atoms with Crippen molar-refractivity contribution in [3.8, 4) is 0 Å². The maximum atomic E-state index is 3.53. The largest absolute Gasteiger partial charge is 0.315 e. The van der Waals surface area contributed by atoms with Crippen molar-refractivity contribution in [1.82, 2.24) is 10.2 Å². The van der Waals surface area contributed by atoms with Gasteiger partial charge in [0.1, 0.15) is 0 Å². The number of hydrogen-bond acceptors (Lipinski definition) is 2. The Kier molecular flexibility index (Phi) is 5.49. The van der Waals surface area contributed by atoms with Crippen LogP contribution >= 0.6 is 0 Å². The van der Waals surface area contributed by atoms with Crippen molar-refractivity contribution in [1.29, 1.82) is 0 Å². The van der Waals surface area contributed by atoms with E-state index >= 15 is 0 Å². The molecule has 1 heterocycles. The van der Waals surface area contributed by atoms with Crippen LogP contribution in [0.5, 0.6) is 0 Å². The van der Waals surface area contributed by atoms with Crippen LogP contribution in [0, 0.1) is 0 Å². The van der Waals surface area contributed by atoms with Crippen LogP contribution in [-0.2, 0) is 0 Å². The highest BCUT2D eigenvalue weighted by Gasteiger charge is 2.19. The fourth-order valence-corrected chi connectivity index (χ4v) is 2.33. The normalized spacial score (nSPS) is 26.1. The molecule has 14 heavy (non-hydrogen) atoms. The third-order valence-corrected chi connectivity index (χ3v) is 3.50. The van der Waals surface area contributed by atoms with Crippen LogP contribution < -0.4 is 5.32 Å². The summed E-state index contributed by atoms with van der Waals surface area (Å²) in [5.41, 5.74) is 0. The Morgan fingerprint density at radius 3 is 2.93 bits per heavy atom. The van der Waals surface area contributed by atoms with Crippen LogP contribution in [0.1, 0.15) is 46.0 Å². The van der Waals surface area contributed by atoms with Crippen LogP contribution in [0.3, 0.4) is 0 Å². The van der Waals surface area contributed by atoms with E-state index in [0.29, 0.717) is 0 Å². The lowest BCUT2D eigenvalue weighted by atomic mass is 10.1. The predicted octanol–water partition coefficient (Wildman–Crippen LogP) is 2.25. The summed E-state index contributed by atoms with van der Waals surface area (Å²) in [5, 5.41) is 3.53. The van der Waals surface area contributed by atoms with Crippen molar-refractivity contribution in [2.75, 3.05) is 20.1 Å². The van der Waals surface area contributed by atoms with Gasteiger partial charge in [0.2, 0.25) is 0 Å². The Balaban J connectivity index is 2.36. The van der Waals surface area contributed by atoms with Crippen molar-refractivity contribution in [2.45, 2.75) is 58.0 Å². The third kappa shape index (κ3) is 3.58. The summed E-state index contributed by atoms with van der Waals surface area (Å²) in [5.74, 6) is 0. The van der Waals surface area contributed by atoms with Gasteiger partial charge in [-0.25, -0.2) is 0 Å². The van der Waals surface area contributed by atoms with E-state index in [0.717, 1.165) is 12.1 Å². The maximum Gasteiger partial charge on any atom is 0.0220 e. The van der Waals surface area contributed by atoms with Crippen molar-refractivity contribution in [2.24, 2.45) is 0 Å². The molecule has 0 bridgehead atoms. The van der Waals surface area contributed by atoms with Crippen molar-refractivity contribution in [3.05, 3.63) is 0 Å². The van der Waals surface area contributed by atoms with Crippen LogP contribution in [0.2, 0.25) is 0 Å². The van der Waals surface area contributed by atoms with E-state index in [-0.39, 0.29) is 0 Å². The fraction of sp³-hybridized carbons (Fsp3) is 1.00. The zero-order valence-corrected chi connectivity index (χ0v) is 10.1. The molecule has 0 amide bonds. The van der Waals surface area contributed by atoms with Gasteiger partial charge in [0.05, 0.1) is 0 Å². The topological polar surface area (TPSA) is 15.3 Å². The Labute approximate surface area is 89.1 Å². The quantitative estimate of drug-likeness (QED) is 0.745. The Bertz CT molecular complexity index is 139. The van der Waals surface area contributed by atoms with E-state index in [2.05, 4.69) is 31.1 Å². The van der Waals surface area contributed by atoms with E-state index in [1.165, 1.54) is 45.2 Å². The molecule has 2 atom stereocenters. The molecule has 1 aliphatic rings. The molecule has 0 spiro atoms. The van der Waals surface area contributed by atoms with Gasteiger partial charge in [-0.05, 0) is 39.8 Å². The van der Waals surface area contributed by atoms with E-state index in [1.807, 2.05) is 0 Å². The zero-order chi connectivity index (χ0) is 10.4. The van der Waals surface area contributed by atoms with E-state index in [9.17, 15) is 0 Å². The van der Waals surface area contributed by atoms with Gasteiger partial charge >= 0.3 is 0 Å². The number of likely N-dealkylation sites (N-methyl/N-ethyl adjacent to an activating group) is 1. The van der Waals surface area contributed by atoms with Gasteiger partial charge in [0, 0.05) is 18.6 Å². The molecule has 2 nitrogen and oxygen atoms in total. The number of nitrogens with zero attached hydrogens (tertiary/aromatic N) is 1. The highest BCUT2D eigenvalue weighted by Crippen LogP contribution is 2.14. The molecular weight excluding hydrogens is 172 g/mol. The average Bonchev–Trinajstić information content (AvgIpc) is 2.45. The van der Waals surface area contributed by atoms with E-state index < -0.39 is 0 Å². The SMILES string of the molecule is CCCC(C)N(C)C1CCCCNC1. The molecule has 0 aromatic heterocycles. The molecule has 84 valence electrons. The first-order valence-electron chi connectivity index (χ1n) is 6.18. The number of hydrogen-bond donors (Lipinski definition) is 1. The molecular formula is C12H26N2. The monoisotopic (exact) mass is 198 g/mol. The standard InChI is InChI=1S/C12H26N2/c1-4-7-11(2)14(3)12-8-5-6-9-13-10-12/h11-13H,4-10H2,1-3H3. The van der Waals surface area contributed by atoms with Crippen molar-refractivity contribution >= 4 is 0 Å². The average molecular weight is 198 g/mol. The first kappa shape index (κ1) is 12.0. The molecule has 0 radical (unpaired) electrons. The maximum absolute atomic E-state index is 3.53. The van der Waals surface area contributed by atoms with Gasteiger partial charge in [-0.2, -0.15) is 0 Å². The highest BCUT2D eigenvalue weighted by atomic mass is 15.2. The van der Waals surface area contributed by atoms with Gasteiger partial charge in [0.25, 0.3) is 0 Å². The Morgan fingerprint density at radius 2 is 2.21 bits per heavy atom. The molecule has 1 saturated heterocycles. The fourth-order valence-electron chi connectivity index (χ4n) is 2.33. The summed E-state index contributed by atoms with van der Waals surface area (Å²) >= 11 is 0. The Morgan fingerprint density at radius 1 is 1.43 bits per heavy atom. The van der Waals surface area contributed by atoms with E-state index in [1.54, 1.807) is 0 Å². The van der Waals surface area contributed by atoms with Crippen LogP contribution in [-0.4, -0.2) is 37.1 Å². The van der Waals surface area contributed by atoms with Crippen LogP contribution in [0.4, 0.5) is 0 Å². The summed E-state index contributed by atoms with van der Waals surface area (Å²) in [6, 6.07) is 1.50. The third-order valence-electron chi connectivity index (χ3n) is 3.50. The van der Waals surface area contributed by atoms with Crippen molar-refractivity contribution < 1.29 is 0 Å². The van der Waals surface area contributed by atoms with Crippen LogP contribution in [0.25, 0.3) is 0 Å². The highest BCUT2D eigenvalue weighted by molar-refractivity contribution is 4.78. The molecule has 1 rings (SSSR count). The molecule has 0 aliphatic carbocycles. The van der Waals surface area contributed by atoms with Gasteiger partial charge < -0.3 is 5.32 Å². The first-order valence-corrected chi connectivity index (χ1v) is 6.18. The predicted molar refractivity (Wildman–Crippen MR) is 62.6 cm³/mol. The smallest absolute Gasteiger partial charge is 0.0220 e. The number of rotatable bonds is 4. The molecule has 2 heteroatoms. The van der Waals surface area contributed by atoms with E-state index in [4.69, 9.17) is 0 Å². The second kappa shape index (κ2) is 6.41. The molecule has 1 fully saturated rings. The molecule has 1 N–H and O–H groups in total. The summed E-state index contributed by atoms with van der Waals surface area (Å²) in [6.07, 6.45) is 6.74. The van der Waals surface area contributed by atoms with Crippen LogP contribution in [0.15, 0.2) is 0 Å². The lowest BCUT2D eigenvalue weighted by molar-refractivity contribution is 0.167. The minimum Gasteiger partial charge on any atom is -0.315 e. The van der Waals surface area contributed by atoms with Gasteiger partial charge in [-0.3, -0.25) is 4.90 Å². The summed E-state index contributed by atoms with van der Waals surface area (Å²) < 4.78 is 0. The summed E-state index contributed by atoms with van der Waals surface area (Å²) in [4.78, 5) is 2.57. The minimum absolute atomic E-state index is 0.741. The summed E-state index contributed by atoms with van der Waals surface area (Å²) in [7, 11) is 2.29. The van der Waals surface area contributed by atoms with Gasteiger partial charge in [0.15, 0.2) is 0 Å². The molecule has 0 saturated carbocycles.